The Morgan fingerprint density at radius 3 is 2.32 bits per heavy atom. The number of benzene rings is 1. The van der Waals surface area contributed by atoms with E-state index >= 15 is 0 Å². The first-order valence-corrected chi connectivity index (χ1v) is 10.3. The number of aromatic nitrogens is 2. The van der Waals surface area contributed by atoms with Crippen molar-refractivity contribution in [1.82, 2.24) is 9.97 Å². The molecular weight excluding hydrogens is 358 g/mol. The maximum atomic E-state index is 11.6. The van der Waals surface area contributed by atoms with Gasteiger partial charge in [0.1, 0.15) is 0 Å². The van der Waals surface area contributed by atoms with Gasteiger partial charge in [0.05, 0.1) is 28.9 Å². The molecule has 2 fully saturated rings. The molecule has 1 aliphatic carbocycles. The number of imidazole rings is 1. The zero-order chi connectivity index (χ0) is 19.5. The molecule has 1 saturated heterocycles. The molecule has 2 aromatic rings. The van der Waals surface area contributed by atoms with Crippen LogP contribution in [-0.4, -0.2) is 55.8 Å². The summed E-state index contributed by atoms with van der Waals surface area (Å²) in [6.07, 6.45) is 6.97. The summed E-state index contributed by atoms with van der Waals surface area (Å²) in [6, 6.07) is 6.01. The molecule has 0 bridgehead atoms. The summed E-state index contributed by atoms with van der Waals surface area (Å²) < 4.78 is 17.3. The minimum Gasteiger partial charge on any atom is -0.375 e. The van der Waals surface area contributed by atoms with Crippen LogP contribution in [0.1, 0.15) is 38.5 Å². The molecule has 2 N–H and O–H groups in total. The number of ether oxygens (including phenoxy) is 3. The van der Waals surface area contributed by atoms with Crippen LogP contribution in [-0.2, 0) is 14.2 Å². The number of H-pyrrole nitrogens is 2. The van der Waals surface area contributed by atoms with Crippen LogP contribution in [0.15, 0.2) is 23.0 Å². The quantitative estimate of drug-likeness (QED) is 0.743. The van der Waals surface area contributed by atoms with Crippen molar-refractivity contribution in [2.24, 2.45) is 5.92 Å². The van der Waals surface area contributed by atoms with E-state index in [1.165, 1.54) is 0 Å². The van der Waals surface area contributed by atoms with Crippen molar-refractivity contribution in [3.8, 4) is 0 Å². The molecule has 0 radical (unpaired) electrons. The van der Waals surface area contributed by atoms with Crippen molar-refractivity contribution < 1.29 is 14.2 Å². The van der Waals surface area contributed by atoms with Crippen molar-refractivity contribution in [3.63, 3.8) is 0 Å². The van der Waals surface area contributed by atoms with E-state index in [-0.39, 0.29) is 12.0 Å². The Morgan fingerprint density at radius 2 is 1.64 bits per heavy atom. The topological polar surface area (TPSA) is 79.6 Å². The van der Waals surface area contributed by atoms with Crippen molar-refractivity contribution in [2.75, 3.05) is 32.2 Å². The molecule has 0 amide bonds. The van der Waals surface area contributed by atoms with Gasteiger partial charge in [-0.1, -0.05) is 6.07 Å². The summed E-state index contributed by atoms with van der Waals surface area (Å²) in [5, 5.41) is 0. The predicted molar refractivity (Wildman–Crippen MR) is 109 cm³/mol. The molecule has 1 aromatic heterocycles. The number of rotatable bonds is 6. The Morgan fingerprint density at radius 1 is 0.964 bits per heavy atom. The highest BCUT2D eigenvalue weighted by Crippen LogP contribution is 2.32. The largest absolute Gasteiger partial charge is 0.375 e. The Kier molecular flexibility index (Phi) is 6.04. The fourth-order valence-corrected chi connectivity index (χ4v) is 4.79. The third-order valence-corrected chi connectivity index (χ3v) is 6.27. The van der Waals surface area contributed by atoms with Gasteiger partial charge in [-0.15, -0.1) is 0 Å². The van der Waals surface area contributed by atoms with Gasteiger partial charge < -0.3 is 29.1 Å². The van der Waals surface area contributed by atoms with Gasteiger partial charge in [0.15, 0.2) is 6.29 Å². The molecule has 1 aliphatic heterocycles. The van der Waals surface area contributed by atoms with Gasteiger partial charge in [-0.25, -0.2) is 4.79 Å². The summed E-state index contributed by atoms with van der Waals surface area (Å²) >= 11 is 0. The lowest BCUT2D eigenvalue weighted by Gasteiger charge is -2.37. The van der Waals surface area contributed by atoms with Crippen LogP contribution < -0.4 is 10.6 Å². The molecular formula is C21H31N3O4. The average Bonchev–Trinajstić information content (AvgIpc) is 3.11. The molecule has 2 heterocycles. The number of nitrogens with one attached hydrogen (secondary N) is 2. The van der Waals surface area contributed by atoms with E-state index in [1.54, 1.807) is 14.2 Å². The summed E-state index contributed by atoms with van der Waals surface area (Å²) in [5.74, 6) is 0.473. The van der Waals surface area contributed by atoms with Crippen molar-refractivity contribution in [3.05, 3.63) is 28.7 Å². The molecule has 154 valence electrons. The monoisotopic (exact) mass is 389 g/mol. The standard InChI is InChI=1S/C21H31N3O4/c1-26-20(27-2)14-6-8-15(9-7-14)28-16-10-12-24(13-11-16)18-5-3-4-17-19(18)23-21(25)22-17/h3-5,14-16,20H,6-13H2,1-2H3,(H2,22,23,25). The minimum absolute atomic E-state index is 0.0910. The highest BCUT2D eigenvalue weighted by molar-refractivity contribution is 5.88. The first kappa shape index (κ1) is 19.5. The van der Waals surface area contributed by atoms with Crippen LogP contribution in [0.3, 0.4) is 0 Å². The number of fused-ring (bicyclic) bond motifs is 1. The Labute approximate surface area is 165 Å². The van der Waals surface area contributed by atoms with Crippen LogP contribution in [0.5, 0.6) is 0 Å². The Balaban J connectivity index is 1.29. The average molecular weight is 389 g/mol. The number of nitrogens with zero attached hydrogens (tertiary/aromatic N) is 1. The second kappa shape index (κ2) is 8.68. The normalized spacial score (nSPS) is 24.3. The SMILES string of the molecule is COC(OC)C1CCC(OC2CCN(c3cccc4[nH]c(=O)[nH]c34)CC2)CC1. The molecule has 0 spiro atoms. The van der Waals surface area contributed by atoms with Crippen molar-refractivity contribution >= 4 is 16.7 Å². The lowest BCUT2D eigenvalue weighted by atomic mass is 9.86. The van der Waals surface area contributed by atoms with Gasteiger partial charge in [-0.05, 0) is 50.7 Å². The maximum absolute atomic E-state index is 11.6. The minimum atomic E-state index is -0.152. The van der Waals surface area contributed by atoms with Gasteiger partial charge in [0, 0.05) is 33.2 Å². The van der Waals surface area contributed by atoms with Gasteiger partial charge >= 0.3 is 5.69 Å². The highest BCUT2D eigenvalue weighted by Gasteiger charge is 2.30. The predicted octanol–water partition coefficient (Wildman–Crippen LogP) is 3.02. The number of anilines is 1. The number of aromatic amines is 2. The van der Waals surface area contributed by atoms with E-state index in [0.717, 1.165) is 68.3 Å². The number of para-hydroxylation sites is 1. The van der Waals surface area contributed by atoms with E-state index in [4.69, 9.17) is 14.2 Å². The van der Waals surface area contributed by atoms with E-state index < -0.39 is 0 Å². The van der Waals surface area contributed by atoms with Crippen LogP contribution in [0.2, 0.25) is 0 Å². The lowest BCUT2D eigenvalue weighted by Crippen LogP contribution is -2.40. The van der Waals surface area contributed by atoms with E-state index in [1.807, 2.05) is 12.1 Å². The molecule has 7 nitrogen and oxygen atoms in total. The molecule has 7 heteroatoms. The summed E-state index contributed by atoms with van der Waals surface area (Å²) in [5.41, 5.74) is 2.71. The molecule has 0 atom stereocenters. The van der Waals surface area contributed by atoms with Gasteiger partial charge in [0.2, 0.25) is 0 Å². The van der Waals surface area contributed by atoms with E-state index in [2.05, 4.69) is 20.9 Å². The zero-order valence-corrected chi connectivity index (χ0v) is 16.8. The number of hydrogen-bond acceptors (Lipinski definition) is 5. The molecule has 1 aromatic carbocycles. The second-order valence-electron chi connectivity index (χ2n) is 7.98. The molecule has 2 aliphatic rings. The molecule has 4 rings (SSSR count). The van der Waals surface area contributed by atoms with Gasteiger partial charge in [-0.3, -0.25) is 0 Å². The van der Waals surface area contributed by atoms with Gasteiger partial charge in [-0.2, -0.15) is 0 Å². The fraction of sp³-hybridized carbons (Fsp3) is 0.667. The zero-order valence-electron chi connectivity index (χ0n) is 16.8. The van der Waals surface area contributed by atoms with E-state index in [9.17, 15) is 4.79 Å². The molecule has 0 unspecified atom stereocenters. The van der Waals surface area contributed by atoms with Crippen LogP contribution >= 0.6 is 0 Å². The van der Waals surface area contributed by atoms with Crippen molar-refractivity contribution in [2.45, 2.75) is 57.0 Å². The summed E-state index contributed by atoms with van der Waals surface area (Å²) in [4.78, 5) is 19.7. The van der Waals surface area contributed by atoms with Crippen LogP contribution in [0.25, 0.3) is 11.0 Å². The van der Waals surface area contributed by atoms with Crippen molar-refractivity contribution in [1.29, 1.82) is 0 Å². The molecule has 1 saturated carbocycles. The number of piperidine rings is 1. The number of hydrogen-bond donors (Lipinski definition) is 2. The smallest absolute Gasteiger partial charge is 0.323 e. The summed E-state index contributed by atoms with van der Waals surface area (Å²) in [6.45, 7) is 1.89. The maximum Gasteiger partial charge on any atom is 0.323 e. The van der Waals surface area contributed by atoms with Crippen LogP contribution in [0.4, 0.5) is 5.69 Å². The first-order chi connectivity index (χ1) is 13.7. The summed E-state index contributed by atoms with van der Waals surface area (Å²) in [7, 11) is 3.43. The Bertz CT molecular complexity index is 812. The van der Waals surface area contributed by atoms with Gasteiger partial charge in [0.25, 0.3) is 0 Å². The first-order valence-electron chi connectivity index (χ1n) is 10.3. The third-order valence-electron chi connectivity index (χ3n) is 6.27. The van der Waals surface area contributed by atoms with Crippen LogP contribution in [0, 0.1) is 5.92 Å². The highest BCUT2D eigenvalue weighted by atomic mass is 16.7. The lowest BCUT2D eigenvalue weighted by molar-refractivity contribution is -0.153. The second-order valence-corrected chi connectivity index (χ2v) is 7.98. The fourth-order valence-electron chi connectivity index (χ4n) is 4.79. The van der Waals surface area contributed by atoms with E-state index in [0.29, 0.717) is 18.1 Å². The Hall–Kier alpha value is -1.83. The molecule has 28 heavy (non-hydrogen) atoms. The third kappa shape index (κ3) is 4.11. The number of methoxy groups -OCH3 is 2.